The highest BCUT2D eigenvalue weighted by molar-refractivity contribution is 7.90. The van der Waals surface area contributed by atoms with Gasteiger partial charge < -0.3 is 0 Å². The normalized spacial score (nSPS) is 13.4. The van der Waals surface area contributed by atoms with Gasteiger partial charge in [0, 0.05) is 17.6 Å². The van der Waals surface area contributed by atoms with E-state index in [1.807, 2.05) is 23.6 Å². The van der Waals surface area contributed by atoms with Crippen LogP contribution in [0, 0.1) is 0 Å². The number of hydrogen-bond acceptors (Lipinski definition) is 5. The molecule has 1 atom stereocenters. The molecular weight excluding hydrogens is 280 g/mol. The molecule has 0 aliphatic heterocycles. The van der Waals surface area contributed by atoms with Gasteiger partial charge in [-0.05, 0) is 29.1 Å². The monoisotopic (exact) mass is 296 g/mol. The highest BCUT2D eigenvalue weighted by Gasteiger charge is 2.14. The van der Waals surface area contributed by atoms with Gasteiger partial charge in [0.25, 0.3) is 0 Å². The first-order valence-electron chi connectivity index (χ1n) is 5.79. The van der Waals surface area contributed by atoms with Crippen LogP contribution in [0.3, 0.4) is 0 Å². The molecule has 0 saturated heterocycles. The predicted octanol–water partition coefficient (Wildman–Crippen LogP) is 1.90. The molecule has 2 aromatic rings. The maximum Gasteiger partial charge on any atom is 0.175 e. The molecule has 0 fully saturated rings. The van der Waals surface area contributed by atoms with Crippen molar-refractivity contribution in [3.8, 4) is 0 Å². The summed E-state index contributed by atoms with van der Waals surface area (Å²) in [4.78, 5) is 1.52. The predicted molar refractivity (Wildman–Crippen MR) is 77.6 cm³/mol. The van der Waals surface area contributed by atoms with Gasteiger partial charge in [-0.2, -0.15) is 0 Å². The molecule has 3 N–H and O–H groups in total. The highest BCUT2D eigenvalue weighted by Crippen LogP contribution is 2.22. The fourth-order valence-electron chi connectivity index (χ4n) is 1.86. The second-order valence-corrected chi connectivity index (χ2v) is 7.40. The van der Waals surface area contributed by atoms with E-state index < -0.39 is 9.84 Å². The van der Waals surface area contributed by atoms with Crippen LogP contribution in [-0.4, -0.2) is 14.7 Å². The van der Waals surface area contributed by atoms with Gasteiger partial charge in [-0.15, -0.1) is 11.3 Å². The molecule has 19 heavy (non-hydrogen) atoms. The van der Waals surface area contributed by atoms with Gasteiger partial charge in [0.1, 0.15) is 0 Å². The summed E-state index contributed by atoms with van der Waals surface area (Å²) in [5, 5.41) is 2.01. The Bertz CT molecular complexity index is 636. The molecule has 6 heteroatoms. The zero-order valence-corrected chi connectivity index (χ0v) is 12.2. The Kier molecular flexibility index (Phi) is 4.36. The van der Waals surface area contributed by atoms with Crippen LogP contribution in [0.5, 0.6) is 0 Å². The largest absolute Gasteiger partial charge is 0.271 e. The van der Waals surface area contributed by atoms with Crippen LogP contribution in [0.25, 0.3) is 0 Å². The highest BCUT2D eigenvalue weighted by atomic mass is 32.2. The van der Waals surface area contributed by atoms with Gasteiger partial charge in [0.15, 0.2) is 9.84 Å². The van der Waals surface area contributed by atoms with Crippen LogP contribution < -0.4 is 11.3 Å². The van der Waals surface area contributed by atoms with Gasteiger partial charge in [0.2, 0.25) is 0 Å². The smallest absolute Gasteiger partial charge is 0.175 e. The summed E-state index contributed by atoms with van der Waals surface area (Å²) in [6, 6.07) is 10.8. The lowest BCUT2D eigenvalue weighted by Gasteiger charge is -2.16. The van der Waals surface area contributed by atoms with Gasteiger partial charge >= 0.3 is 0 Å². The lowest BCUT2D eigenvalue weighted by molar-refractivity contribution is 0.554. The summed E-state index contributed by atoms with van der Waals surface area (Å²) in [7, 11) is -3.20. The summed E-state index contributed by atoms with van der Waals surface area (Å²) < 4.78 is 23.1. The van der Waals surface area contributed by atoms with Crippen LogP contribution in [0.2, 0.25) is 0 Å². The Morgan fingerprint density at radius 3 is 2.68 bits per heavy atom. The molecule has 0 aliphatic rings. The molecule has 4 nitrogen and oxygen atoms in total. The number of nitrogens with two attached hydrogens (primary N) is 1. The van der Waals surface area contributed by atoms with Gasteiger partial charge in [-0.3, -0.25) is 11.3 Å². The van der Waals surface area contributed by atoms with E-state index in [0.717, 1.165) is 12.0 Å². The Morgan fingerprint density at radius 1 is 1.32 bits per heavy atom. The fourth-order valence-corrected chi connectivity index (χ4v) is 3.29. The second kappa shape index (κ2) is 5.83. The first kappa shape index (κ1) is 14.2. The maximum absolute atomic E-state index is 11.6. The van der Waals surface area contributed by atoms with Crippen molar-refractivity contribution in [1.29, 1.82) is 0 Å². The Morgan fingerprint density at radius 2 is 2.11 bits per heavy atom. The number of hydrazine groups is 1. The quantitative estimate of drug-likeness (QED) is 0.653. The summed E-state index contributed by atoms with van der Waals surface area (Å²) >= 11 is 1.66. The lowest BCUT2D eigenvalue weighted by atomic mass is 10.0. The standard InChI is InChI=1S/C13H16N2O2S2/c1-19(16,17)12-6-2-4-10(8-12)13(15-14)9-11-5-3-7-18-11/h2-8,13,15H,9,14H2,1H3. The topological polar surface area (TPSA) is 72.2 Å². The van der Waals surface area contributed by atoms with Crippen molar-refractivity contribution in [2.75, 3.05) is 6.26 Å². The minimum absolute atomic E-state index is 0.0969. The third kappa shape index (κ3) is 3.63. The van der Waals surface area contributed by atoms with Crippen molar-refractivity contribution in [2.45, 2.75) is 17.4 Å². The molecule has 0 saturated carbocycles. The molecule has 2 rings (SSSR count). The van der Waals surface area contributed by atoms with Crippen molar-refractivity contribution in [3.63, 3.8) is 0 Å². The van der Waals surface area contributed by atoms with Crippen LogP contribution in [0.4, 0.5) is 0 Å². The molecule has 0 amide bonds. The van der Waals surface area contributed by atoms with E-state index in [4.69, 9.17) is 5.84 Å². The first-order valence-corrected chi connectivity index (χ1v) is 8.56. The Hall–Kier alpha value is -1.21. The molecule has 0 spiro atoms. The molecule has 102 valence electrons. The minimum Gasteiger partial charge on any atom is -0.271 e. The number of benzene rings is 1. The number of hydrogen-bond donors (Lipinski definition) is 2. The summed E-state index contributed by atoms with van der Waals surface area (Å²) in [6.07, 6.45) is 1.94. The van der Waals surface area contributed by atoms with E-state index in [-0.39, 0.29) is 6.04 Å². The van der Waals surface area contributed by atoms with Crippen LogP contribution in [0.1, 0.15) is 16.5 Å². The molecule has 1 aromatic heterocycles. The number of rotatable bonds is 5. The third-order valence-electron chi connectivity index (χ3n) is 2.88. The maximum atomic E-state index is 11.6. The van der Waals surface area contributed by atoms with E-state index >= 15 is 0 Å². The van der Waals surface area contributed by atoms with Crippen molar-refractivity contribution in [1.82, 2.24) is 5.43 Å². The zero-order chi connectivity index (χ0) is 13.9. The molecule has 0 bridgehead atoms. The average molecular weight is 296 g/mol. The van der Waals surface area contributed by atoms with Crippen molar-refractivity contribution < 1.29 is 8.42 Å². The minimum atomic E-state index is -3.20. The van der Waals surface area contributed by atoms with E-state index in [1.54, 1.807) is 29.5 Å². The summed E-state index contributed by atoms with van der Waals surface area (Å²) in [6.45, 7) is 0. The van der Waals surface area contributed by atoms with Crippen molar-refractivity contribution >= 4 is 21.2 Å². The third-order valence-corrected chi connectivity index (χ3v) is 4.88. The van der Waals surface area contributed by atoms with E-state index in [2.05, 4.69) is 5.43 Å². The van der Waals surface area contributed by atoms with Crippen LogP contribution >= 0.6 is 11.3 Å². The molecule has 1 heterocycles. The van der Waals surface area contributed by atoms with E-state index in [0.29, 0.717) is 4.90 Å². The summed E-state index contributed by atoms with van der Waals surface area (Å²) in [5.41, 5.74) is 3.62. The van der Waals surface area contributed by atoms with Crippen LogP contribution in [0.15, 0.2) is 46.7 Å². The van der Waals surface area contributed by atoms with Gasteiger partial charge in [-0.25, -0.2) is 8.42 Å². The Balaban J connectivity index is 2.28. The van der Waals surface area contributed by atoms with Crippen molar-refractivity contribution in [2.24, 2.45) is 5.84 Å². The Labute approximate surface area is 117 Å². The summed E-state index contributed by atoms with van der Waals surface area (Å²) in [5.74, 6) is 5.59. The number of sulfone groups is 1. The van der Waals surface area contributed by atoms with E-state index in [9.17, 15) is 8.42 Å². The average Bonchev–Trinajstić information content (AvgIpc) is 2.88. The SMILES string of the molecule is CS(=O)(=O)c1cccc(C(Cc2cccs2)NN)c1. The van der Waals surface area contributed by atoms with Gasteiger partial charge in [-0.1, -0.05) is 18.2 Å². The van der Waals surface area contributed by atoms with Crippen molar-refractivity contribution in [3.05, 3.63) is 52.2 Å². The zero-order valence-electron chi connectivity index (χ0n) is 10.5. The van der Waals surface area contributed by atoms with Crippen LogP contribution in [-0.2, 0) is 16.3 Å². The molecular formula is C13H16N2O2S2. The lowest BCUT2D eigenvalue weighted by Crippen LogP contribution is -2.29. The molecule has 1 unspecified atom stereocenters. The second-order valence-electron chi connectivity index (χ2n) is 4.35. The number of nitrogens with one attached hydrogen (secondary N) is 1. The molecule has 0 aliphatic carbocycles. The first-order chi connectivity index (χ1) is 9.00. The molecule has 1 aromatic carbocycles. The fraction of sp³-hybridized carbons (Fsp3) is 0.231. The molecule has 0 radical (unpaired) electrons. The number of thiophene rings is 1. The van der Waals surface area contributed by atoms with Gasteiger partial charge in [0.05, 0.1) is 10.9 Å². The van der Waals surface area contributed by atoms with E-state index in [1.165, 1.54) is 11.1 Å².